The van der Waals surface area contributed by atoms with Crippen molar-refractivity contribution in [3.8, 4) is 0 Å². The summed E-state index contributed by atoms with van der Waals surface area (Å²) < 4.78 is 2.13. The number of fused-ring (bicyclic) bond motifs is 1. The number of amides is 1. The molecular weight excluding hydrogens is 512 g/mol. The number of pyridine rings is 1. The van der Waals surface area contributed by atoms with E-state index in [2.05, 4.69) is 19.2 Å². The molecule has 1 aliphatic heterocycles. The number of unbranched alkanes of at least 4 members (excludes halogenated alkanes) is 11. The SMILES string of the molecule is CCCCCCCCCCCCN1C(=O)/C(=C\c2c(NCCCCC)nc3c(C)cccn3c2=O)SC1=S. The summed E-state index contributed by atoms with van der Waals surface area (Å²) in [6.45, 7) is 7.71. The highest BCUT2D eigenvalue weighted by Crippen LogP contribution is 2.33. The molecule has 3 rings (SSSR count). The van der Waals surface area contributed by atoms with Crippen molar-refractivity contribution in [1.29, 1.82) is 0 Å². The Balaban J connectivity index is 1.65. The van der Waals surface area contributed by atoms with Gasteiger partial charge >= 0.3 is 0 Å². The molecule has 1 N–H and O–H groups in total. The Labute approximate surface area is 237 Å². The van der Waals surface area contributed by atoms with Crippen LogP contribution < -0.4 is 10.9 Å². The first kappa shape index (κ1) is 30.4. The van der Waals surface area contributed by atoms with E-state index in [-0.39, 0.29) is 11.5 Å². The maximum Gasteiger partial charge on any atom is 0.267 e. The van der Waals surface area contributed by atoms with Crippen molar-refractivity contribution < 1.29 is 4.79 Å². The Morgan fingerprint density at radius 1 is 0.947 bits per heavy atom. The molecule has 0 atom stereocenters. The van der Waals surface area contributed by atoms with E-state index < -0.39 is 0 Å². The van der Waals surface area contributed by atoms with Crippen LogP contribution in [0, 0.1) is 6.92 Å². The number of aromatic nitrogens is 2. The number of aryl methyl sites for hydroxylation is 1. The fourth-order valence-electron chi connectivity index (χ4n) is 4.74. The van der Waals surface area contributed by atoms with E-state index in [0.717, 1.165) is 44.2 Å². The molecule has 38 heavy (non-hydrogen) atoms. The number of hydrogen-bond donors (Lipinski definition) is 1. The fourth-order valence-corrected chi connectivity index (χ4v) is 6.03. The third kappa shape index (κ3) is 8.40. The van der Waals surface area contributed by atoms with Crippen LogP contribution in [0.3, 0.4) is 0 Å². The van der Waals surface area contributed by atoms with Crippen molar-refractivity contribution in [1.82, 2.24) is 14.3 Å². The molecule has 1 aliphatic rings. The standard InChI is InChI=1S/C30H44N4O2S2/c1-4-6-8-9-10-11-12-13-14-16-20-34-29(36)25(38-30(34)37)22-24-26(31-19-15-7-5-2)32-27-23(3)18-17-21-33(27)28(24)35/h17-18,21-22,31H,4-16,19-20H2,1-3H3/b25-22+. The molecule has 2 aromatic heterocycles. The molecule has 0 spiro atoms. The van der Waals surface area contributed by atoms with Crippen LogP contribution in [0.5, 0.6) is 0 Å². The minimum absolute atomic E-state index is 0.110. The highest BCUT2D eigenvalue weighted by Gasteiger charge is 2.32. The van der Waals surface area contributed by atoms with Gasteiger partial charge in [-0.3, -0.25) is 18.9 Å². The van der Waals surface area contributed by atoms with Crippen LogP contribution in [0.15, 0.2) is 28.0 Å². The smallest absolute Gasteiger partial charge is 0.267 e. The summed E-state index contributed by atoms with van der Waals surface area (Å²) in [6.07, 6.45) is 19.1. The van der Waals surface area contributed by atoms with Gasteiger partial charge in [-0.15, -0.1) is 0 Å². The summed E-state index contributed by atoms with van der Waals surface area (Å²) in [5, 5.41) is 3.36. The van der Waals surface area contributed by atoms with Gasteiger partial charge in [-0.25, -0.2) is 4.98 Å². The predicted octanol–water partition coefficient (Wildman–Crippen LogP) is 7.73. The molecule has 1 saturated heterocycles. The quantitative estimate of drug-likeness (QED) is 0.122. The lowest BCUT2D eigenvalue weighted by atomic mass is 10.1. The maximum absolute atomic E-state index is 13.5. The first-order chi connectivity index (χ1) is 18.5. The number of hydrogen-bond acceptors (Lipinski definition) is 6. The minimum Gasteiger partial charge on any atom is -0.369 e. The van der Waals surface area contributed by atoms with Crippen molar-refractivity contribution in [2.45, 2.75) is 104 Å². The van der Waals surface area contributed by atoms with Gasteiger partial charge in [0.25, 0.3) is 11.5 Å². The van der Waals surface area contributed by atoms with Crippen LogP contribution in [0.25, 0.3) is 11.7 Å². The summed E-state index contributed by atoms with van der Waals surface area (Å²) in [4.78, 5) is 33.7. The van der Waals surface area contributed by atoms with Gasteiger partial charge in [0.1, 0.15) is 15.8 Å². The van der Waals surface area contributed by atoms with Crippen LogP contribution in [-0.2, 0) is 4.79 Å². The lowest BCUT2D eigenvalue weighted by molar-refractivity contribution is -0.122. The van der Waals surface area contributed by atoms with Crippen molar-refractivity contribution in [3.05, 3.63) is 44.7 Å². The van der Waals surface area contributed by atoms with E-state index in [4.69, 9.17) is 17.2 Å². The van der Waals surface area contributed by atoms with Gasteiger partial charge < -0.3 is 5.32 Å². The second-order valence-corrected chi connectivity index (χ2v) is 11.9. The van der Waals surface area contributed by atoms with Crippen molar-refractivity contribution in [2.75, 3.05) is 18.4 Å². The van der Waals surface area contributed by atoms with Crippen LogP contribution >= 0.6 is 24.0 Å². The van der Waals surface area contributed by atoms with Crippen LogP contribution in [0.1, 0.15) is 108 Å². The average molecular weight is 557 g/mol. The van der Waals surface area contributed by atoms with Crippen LogP contribution in [0.2, 0.25) is 0 Å². The van der Waals surface area contributed by atoms with E-state index in [1.165, 1.54) is 63.1 Å². The van der Waals surface area contributed by atoms with Gasteiger partial charge in [0.05, 0.1) is 10.5 Å². The number of nitrogens with one attached hydrogen (secondary N) is 1. The van der Waals surface area contributed by atoms with Crippen molar-refractivity contribution in [2.24, 2.45) is 0 Å². The lowest BCUT2D eigenvalue weighted by Gasteiger charge is -2.14. The number of thiocarbonyl (C=S) groups is 1. The second kappa shape index (κ2) is 16.0. The van der Waals surface area contributed by atoms with Crippen molar-refractivity contribution in [3.63, 3.8) is 0 Å². The van der Waals surface area contributed by atoms with E-state index in [0.29, 0.717) is 32.8 Å². The second-order valence-electron chi connectivity index (χ2n) is 10.2. The number of thioether (sulfide) groups is 1. The zero-order valence-corrected chi connectivity index (χ0v) is 25.0. The number of rotatable bonds is 17. The molecule has 2 aromatic rings. The summed E-state index contributed by atoms with van der Waals surface area (Å²) >= 11 is 6.83. The Kier molecular flexibility index (Phi) is 12.8. The van der Waals surface area contributed by atoms with Crippen LogP contribution in [0.4, 0.5) is 5.82 Å². The summed E-state index contributed by atoms with van der Waals surface area (Å²) in [7, 11) is 0. The van der Waals surface area contributed by atoms with Crippen molar-refractivity contribution >= 4 is 51.7 Å². The highest BCUT2D eigenvalue weighted by molar-refractivity contribution is 8.26. The molecule has 1 amide bonds. The molecule has 0 bridgehead atoms. The molecule has 208 valence electrons. The lowest BCUT2D eigenvalue weighted by Crippen LogP contribution is -2.29. The number of carbonyl (C=O) groups excluding carboxylic acids is 1. The molecule has 3 heterocycles. The molecular formula is C30H44N4O2S2. The molecule has 1 fully saturated rings. The summed E-state index contributed by atoms with van der Waals surface area (Å²) in [5.41, 5.74) is 1.78. The third-order valence-electron chi connectivity index (χ3n) is 7.04. The van der Waals surface area contributed by atoms with Crippen LogP contribution in [-0.4, -0.2) is 37.6 Å². The third-order valence-corrected chi connectivity index (χ3v) is 8.42. The Bertz CT molecular complexity index is 1170. The minimum atomic E-state index is -0.184. The van der Waals surface area contributed by atoms with Gasteiger partial charge in [0.15, 0.2) is 0 Å². The Morgan fingerprint density at radius 2 is 1.58 bits per heavy atom. The van der Waals surface area contributed by atoms with E-state index in [1.807, 2.05) is 19.1 Å². The van der Waals surface area contributed by atoms with Gasteiger partial charge in [-0.05, 0) is 37.5 Å². The van der Waals surface area contributed by atoms with E-state index >= 15 is 0 Å². The van der Waals surface area contributed by atoms with E-state index in [1.54, 1.807) is 21.6 Å². The van der Waals surface area contributed by atoms with Gasteiger partial charge in [-0.1, -0.05) is 115 Å². The number of anilines is 1. The van der Waals surface area contributed by atoms with Gasteiger partial charge in [0.2, 0.25) is 0 Å². The molecule has 6 nitrogen and oxygen atoms in total. The molecule has 8 heteroatoms. The highest BCUT2D eigenvalue weighted by atomic mass is 32.2. The zero-order valence-electron chi connectivity index (χ0n) is 23.4. The first-order valence-electron chi connectivity index (χ1n) is 14.5. The normalized spacial score (nSPS) is 14.8. The monoisotopic (exact) mass is 556 g/mol. The topological polar surface area (TPSA) is 66.7 Å². The van der Waals surface area contributed by atoms with Gasteiger partial charge in [0, 0.05) is 19.3 Å². The van der Waals surface area contributed by atoms with Gasteiger partial charge in [-0.2, -0.15) is 0 Å². The molecule has 0 radical (unpaired) electrons. The molecule has 0 aliphatic carbocycles. The fraction of sp³-hybridized carbons (Fsp3) is 0.600. The number of nitrogens with zero attached hydrogens (tertiary/aromatic N) is 3. The first-order valence-corrected chi connectivity index (χ1v) is 15.7. The summed E-state index contributed by atoms with van der Waals surface area (Å²) in [5.74, 6) is 0.418. The number of carbonyl (C=O) groups is 1. The largest absolute Gasteiger partial charge is 0.369 e. The summed E-state index contributed by atoms with van der Waals surface area (Å²) in [6, 6.07) is 3.79. The molecule has 0 aromatic carbocycles. The Morgan fingerprint density at radius 3 is 2.26 bits per heavy atom. The average Bonchev–Trinajstić information content (AvgIpc) is 3.17. The Hall–Kier alpha value is -2.19. The predicted molar refractivity (Wildman–Crippen MR) is 166 cm³/mol. The van der Waals surface area contributed by atoms with E-state index in [9.17, 15) is 9.59 Å². The zero-order chi connectivity index (χ0) is 27.3. The maximum atomic E-state index is 13.5. The molecule has 0 saturated carbocycles. The molecule has 0 unspecified atom stereocenters.